The van der Waals surface area contributed by atoms with Crippen molar-refractivity contribution in [2.75, 3.05) is 32.5 Å². The van der Waals surface area contributed by atoms with E-state index in [9.17, 15) is 13.2 Å². The third-order valence-electron chi connectivity index (χ3n) is 4.61. The van der Waals surface area contributed by atoms with Gasteiger partial charge in [-0.25, -0.2) is 13.1 Å². The van der Waals surface area contributed by atoms with Crippen LogP contribution in [0.5, 0.6) is 0 Å². The van der Waals surface area contributed by atoms with Crippen molar-refractivity contribution in [2.24, 2.45) is 13.0 Å². The second-order valence-electron chi connectivity index (χ2n) is 6.42. The van der Waals surface area contributed by atoms with E-state index in [0.717, 1.165) is 19.1 Å². The summed E-state index contributed by atoms with van der Waals surface area (Å²) in [4.78, 5) is 14.1. The van der Waals surface area contributed by atoms with E-state index in [0.29, 0.717) is 31.8 Å². The van der Waals surface area contributed by atoms with Gasteiger partial charge in [0.2, 0.25) is 10.0 Å². The molecular formula is C14H22N4O4S. The molecule has 0 aromatic carbocycles. The molecule has 2 saturated heterocycles. The molecule has 0 aliphatic carbocycles. The molecule has 128 valence electrons. The summed E-state index contributed by atoms with van der Waals surface area (Å²) in [6, 6.07) is 0. The molecule has 1 spiro atoms. The van der Waals surface area contributed by atoms with Crippen molar-refractivity contribution >= 4 is 15.9 Å². The minimum Gasteiger partial charge on any atom is -0.371 e. The number of aromatic nitrogens is 2. The fraction of sp³-hybridized carbons (Fsp3) is 0.714. The van der Waals surface area contributed by atoms with E-state index in [1.165, 1.54) is 0 Å². The maximum absolute atomic E-state index is 12.4. The molecule has 0 bridgehead atoms. The Morgan fingerprint density at radius 2 is 2.26 bits per heavy atom. The summed E-state index contributed by atoms with van der Waals surface area (Å²) in [5, 5.41) is 4.02. The van der Waals surface area contributed by atoms with E-state index in [2.05, 4.69) is 9.82 Å². The Labute approximate surface area is 135 Å². The number of likely N-dealkylation sites (tertiary alicyclic amines) is 1. The van der Waals surface area contributed by atoms with Crippen LogP contribution < -0.4 is 4.72 Å². The smallest absolute Gasteiger partial charge is 0.257 e. The van der Waals surface area contributed by atoms with Gasteiger partial charge in [0.05, 0.1) is 31.1 Å². The van der Waals surface area contributed by atoms with E-state index < -0.39 is 10.0 Å². The molecule has 0 radical (unpaired) electrons. The Bertz CT molecular complexity index is 693. The first kappa shape index (κ1) is 16.4. The quantitative estimate of drug-likeness (QED) is 0.785. The highest BCUT2D eigenvalue weighted by molar-refractivity contribution is 7.88. The topological polar surface area (TPSA) is 93.5 Å². The molecule has 1 aromatic rings. The summed E-state index contributed by atoms with van der Waals surface area (Å²) in [5.41, 5.74) is 0.271. The third-order valence-corrected chi connectivity index (χ3v) is 5.34. The van der Waals surface area contributed by atoms with Crippen molar-refractivity contribution < 1.29 is 17.9 Å². The zero-order chi connectivity index (χ0) is 16.7. The summed E-state index contributed by atoms with van der Waals surface area (Å²) in [6.45, 7) is 2.19. The molecule has 2 aliphatic heterocycles. The van der Waals surface area contributed by atoms with Gasteiger partial charge in [-0.3, -0.25) is 9.48 Å². The van der Waals surface area contributed by atoms with Crippen molar-refractivity contribution in [1.29, 1.82) is 0 Å². The fourth-order valence-corrected chi connectivity index (χ4v) is 3.91. The van der Waals surface area contributed by atoms with Crippen LogP contribution in [0.3, 0.4) is 0 Å². The lowest BCUT2D eigenvalue weighted by Crippen LogP contribution is -2.66. The number of amides is 1. The van der Waals surface area contributed by atoms with Gasteiger partial charge in [0, 0.05) is 26.4 Å². The Morgan fingerprint density at radius 3 is 2.87 bits per heavy atom. The lowest BCUT2D eigenvalue weighted by Gasteiger charge is -2.50. The van der Waals surface area contributed by atoms with Crippen LogP contribution >= 0.6 is 0 Å². The molecule has 2 aliphatic rings. The highest BCUT2D eigenvalue weighted by Crippen LogP contribution is 2.41. The van der Waals surface area contributed by atoms with Gasteiger partial charge in [-0.2, -0.15) is 5.10 Å². The number of hydrogen-bond donors (Lipinski definition) is 1. The number of aryl methyl sites for hydroxylation is 1. The van der Waals surface area contributed by atoms with Crippen LogP contribution in [0.1, 0.15) is 23.2 Å². The van der Waals surface area contributed by atoms with Gasteiger partial charge in [-0.1, -0.05) is 0 Å². The van der Waals surface area contributed by atoms with Gasteiger partial charge >= 0.3 is 0 Å². The number of nitrogens with one attached hydrogen (secondary N) is 1. The molecule has 1 atom stereocenters. The molecule has 1 N–H and O–H groups in total. The van der Waals surface area contributed by atoms with E-state index >= 15 is 0 Å². The molecule has 3 rings (SSSR count). The van der Waals surface area contributed by atoms with Gasteiger partial charge in [-0.15, -0.1) is 0 Å². The predicted octanol–water partition coefficient (Wildman–Crippen LogP) is -0.409. The van der Waals surface area contributed by atoms with E-state index in [1.54, 1.807) is 29.0 Å². The monoisotopic (exact) mass is 342 g/mol. The van der Waals surface area contributed by atoms with E-state index in [1.807, 2.05) is 0 Å². The predicted molar refractivity (Wildman–Crippen MR) is 83.4 cm³/mol. The van der Waals surface area contributed by atoms with Gasteiger partial charge in [0.15, 0.2) is 0 Å². The minimum atomic E-state index is -3.16. The number of carbonyl (C=O) groups is 1. The Hall–Kier alpha value is -1.45. The van der Waals surface area contributed by atoms with Gasteiger partial charge in [-0.05, 0) is 18.8 Å². The number of ether oxygens (including phenoxy) is 1. The van der Waals surface area contributed by atoms with Crippen molar-refractivity contribution in [3.8, 4) is 0 Å². The Morgan fingerprint density at radius 1 is 1.52 bits per heavy atom. The molecule has 23 heavy (non-hydrogen) atoms. The van der Waals surface area contributed by atoms with Crippen LogP contribution in [0.2, 0.25) is 0 Å². The zero-order valence-corrected chi connectivity index (χ0v) is 14.2. The number of rotatable bonds is 5. The van der Waals surface area contributed by atoms with E-state index in [-0.39, 0.29) is 17.4 Å². The van der Waals surface area contributed by atoms with Crippen LogP contribution in [0.15, 0.2) is 12.4 Å². The van der Waals surface area contributed by atoms with Gasteiger partial charge in [0.1, 0.15) is 5.60 Å². The lowest BCUT2D eigenvalue weighted by atomic mass is 9.79. The molecule has 2 fully saturated rings. The van der Waals surface area contributed by atoms with Crippen molar-refractivity contribution in [1.82, 2.24) is 19.4 Å². The maximum Gasteiger partial charge on any atom is 0.257 e. The molecule has 1 unspecified atom stereocenters. The first-order chi connectivity index (χ1) is 10.8. The lowest BCUT2D eigenvalue weighted by molar-refractivity contribution is -0.117. The summed E-state index contributed by atoms with van der Waals surface area (Å²) in [5.74, 6) is 0.238. The van der Waals surface area contributed by atoms with Crippen LogP contribution in [-0.4, -0.2) is 67.1 Å². The Kier molecular flexibility index (Phi) is 4.19. The molecule has 9 heteroatoms. The number of sulfonamides is 1. The summed E-state index contributed by atoms with van der Waals surface area (Å²) in [7, 11) is -1.39. The first-order valence-electron chi connectivity index (χ1n) is 7.66. The second-order valence-corrected chi connectivity index (χ2v) is 8.25. The van der Waals surface area contributed by atoms with Crippen LogP contribution in [0.4, 0.5) is 0 Å². The van der Waals surface area contributed by atoms with Gasteiger partial charge in [0.25, 0.3) is 5.91 Å². The largest absolute Gasteiger partial charge is 0.371 e. The highest BCUT2D eigenvalue weighted by atomic mass is 32.2. The summed E-state index contributed by atoms with van der Waals surface area (Å²) >= 11 is 0. The molecule has 3 heterocycles. The fourth-order valence-electron chi connectivity index (χ4n) is 3.42. The summed E-state index contributed by atoms with van der Waals surface area (Å²) in [6.07, 6.45) is 6.06. The van der Waals surface area contributed by atoms with Crippen LogP contribution in [0.25, 0.3) is 0 Å². The zero-order valence-electron chi connectivity index (χ0n) is 13.4. The van der Waals surface area contributed by atoms with Crippen LogP contribution in [0, 0.1) is 5.92 Å². The van der Waals surface area contributed by atoms with Crippen molar-refractivity contribution in [2.45, 2.75) is 18.4 Å². The number of hydrogen-bond acceptors (Lipinski definition) is 5. The van der Waals surface area contributed by atoms with Gasteiger partial charge < -0.3 is 9.64 Å². The van der Waals surface area contributed by atoms with Crippen molar-refractivity contribution in [3.05, 3.63) is 18.0 Å². The first-order valence-corrected chi connectivity index (χ1v) is 9.55. The molecular weight excluding hydrogens is 320 g/mol. The summed E-state index contributed by atoms with van der Waals surface area (Å²) < 4.78 is 32.3. The maximum atomic E-state index is 12.4. The average Bonchev–Trinajstić information content (AvgIpc) is 3.01. The number of nitrogens with zero attached hydrogens (tertiary/aromatic N) is 3. The highest BCUT2D eigenvalue weighted by Gasteiger charge is 2.54. The van der Waals surface area contributed by atoms with Crippen LogP contribution in [-0.2, 0) is 21.8 Å². The SMILES string of the molecule is Cn1cc(C(=O)N2CC3(C2)OCCC3CCNS(C)(=O)=O)cn1. The Balaban J connectivity index is 1.56. The normalized spacial score (nSPS) is 23.2. The molecule has 8 nitrogen and oxygen atoms in total. The second kappa shape index (κ2) is 5.88. The average molecular weight is 342 g/mol. The number of carbonyl (C=O) groups excluding carboxylic acids is 1. The third kappa shape index (κ3) is 3.41. The standard InChI is InChI=1S/C14H22N4O4S/c1-17-8-11(7-15-17)13(19)18-9-14(10-18)12(4-6-22-14)3-5-16-23(2,20)21/h7-8,12,16H,3-6,9-10H2,1-2H3. The minimum absolute atomic E-state index is 0.0350. The van der Waals surface area contributed by atoms with Crippen molar-refractivity contribution in [3.63, 3.8) is 0 Å². The molecule has 1 aromatic heterocycles. The molecule has 0 saturated carbocycles. The molecule has 1 amide bonds. The van der Waals surface area contributed by atoms with E-state index in [4.69, 9.17) is 4.74 Å².